The lowest BCUT2D eigenvalue weighted by atomic mass is 10.1. The monoisotopic (exact) mass is 496 g/mol. The van der Waals surface area contributed by atoms with Gasteiger partial charge in [-0.1, -0.05) is 54.6 Å². The molecule has 0 fully saturated rings. The average molecular weight is 497 g/mol. The number of para-hydroxylation sites is 2. The number of carbonyl (C=O) groups is 1. The van der Waals surface area contributed by atoms with Crippen molar-refractivity contribution in [2.75, 3.05) is 17.7 Å². The van der Waals surface area contributed by atoms with Gasteiger partial charge in [-0.3, -0.25) is 4.79 Å². The molecule has 0 radical (unpaired) electrons. The van der Waals surface area contributed by atoms with Gasteiger partial charge in [-0.25, -0.2) is 14.6 Å². The number of thiazole rings is 1. The Morgan fingerprint density at radius 2 is 1.78 bits per heavy atom. The van der Waals surface area contributed by atoms with Crippen LogP contribution in [0.25, 0.3) is 11.3 Å². The van der Waals surface area contributed by atoms with Crippen LogP contribution >= 0.6 is 11.3 Å². The van der Waals surface area contributed by atoms with Crippen molar-refractivity contribution in [3.63, 3.8) is 0 Å². The molecule has 2 aromatic heterocycles. The highest BCUT2D eigenvalue weighted by atomic mass is 32.1. The van der Waals surface area contributed by atoms with Crippen molar-refractivity contribution in [1.82, 2.24) is 19.7 Å². The quantitative estimate of drug-likeness (QED) is 0.284. The highest BCUT2D eigenvalue weighted by Gasteiger charge is 2.17. The minimum absolute atomic E-state index is 0.108. The van der Waals surface area contributed by atoms with Gasteiger partial charge in [-0.2, -0.15) is 5.10 Å². The molecule has 1 amide bonds. The van der Waals surface area contributed by atoms with Gasteiger partial charge in [0.05, 0.1) is 31.5 Å². The molecule has 2 N–H and O–H groups in total. The van der Waals surface area contributed by atoms with Crippen molar-refractivity contribution < 1.29 is 9.53 Å². The maximum Gasteiger partial charge on any atom is 0.229 e. The van der Waals surface area contributed by atoms with Crippen molar-refractivity contribution in [2.45, 2.75) is 13.0 Å². The molecule has 0 atom stereocenters. The number of anilines is 3. The van der Waals surface area contributed by atoms with Crippen molar-refractivity contribution >= 4 is 33.8 Å². The van der Waals surface area contributed by atoms with Gasteiger partial charge < -0.3 is 15.4 Å². The molecule has 0 unspecified atom stereocenters. The normalized spacial score (nSPS) is 10.7. The molecule has 3 aromatic carbocycles. The van der Waals surface area contributed by atoms with Crippen molar-refractivity contribution in [3.8, 4) is 17.0 Å². The maximum atomic E-state index is 13.0. The van der Waals surface area contributed by atoms with E-state index in [1.807, 2.05) is 78.9 Å². The minimum atomic E-state index is -0.108. The van der Waals surface area contributed by atoms with Crippen LogP contribution in [0.4, 0.5) is 16.5 Å². The van der Waals surface area contributed by atoms with Crippen LogP contribution in [0, 0.1) is 0 Å². The highest BCUT2D eigenvalue weighted by molar-refractivity contribution is 7.16. The first-order chi connectivity index (χ1) is 17.7. The summed E-state index contributed by atoms with van der Waals surface area (Å²) in [6.45, 7) is 0.623. The number of methoxy groups -OCH3 is 1. The third-order valence-corrected chi connectivity index (χ3v) is 6.43. The molecule has 5 aromatic rings. The molecule has 9 heteroatoms. The number of nitrogens with zero attached hydrogens (tertiary/aromatic N) is 4. The van der Waals surface area contributed by atoms with Gasteiger partial charge in [-0.15, -0.1) is 11.3 Å². The summed E-state index contributed by atoms with van der Waals surface area (Å²) in [6, 6.07) is 25.3. The number of hydrogen-bond donors (Lipinski definition) is 2. The van der Waals surface area contributed by atoms with Gasteiger partial charge in [0, 0.05) is 16.1 Å². The number of hydrogen-bond acceptors (Lipinski definition) is 7. The van der Waals surface area contributed by atoms with Crippen LogP contribution in [0.3, 0.4) is 0 Å². The summed E-state index contributed by atoms with van der Waals surface area (Å²) >= 11 is 1.46. The van der Waals surface area contributed by atoms with Crippen LogP contribution in [0.2, 0.25) is 0 Å². The van der Waals surface area contributed by atoms with E-state index in [0.29, 0.717) is 11.7 Å². The second kappa shape index (κ2) is 10.8. The van der Waals surface area contributed by atoms with Crippen LogP contribution in [0.5, 0.6) is 5.75 Å². The van der Waals surface area contributed by atoms with E-state index in [2.05, 4.69) is 20.7 Å². The van der Waals surface area contributed by atoms with Crippen molar-refractivity contribution in [1.29, 1.82) is 0 Å². The molecular weight excluding hydrogens is 472 g/mol. The fourth-order valence-corrected chi connectivity index (χ4v) is 4.75. The highest BCUT2D eigenvalue weighted by Crippen LogP contribution is 2.35. The van der Waals surface area contributed by atoms with Crippen LogP contribution < -0.4 is 15.4 Å². The van der Waals surface area contributed by atoms with E-state index < -0.39 is 0 Å². The first-order valence-electron chi connectivity index (χ1n) is 11.3. The van der Waals surface area contributed by atoms with Crippen LogP contribution in [-0.4, -0.2) is 32.8 Å². The molecule has 0 saturated carbocycles. The fraction of sp³-hybridized carbons (Fsp3) is 0.111. The van der Waals surface area contributed by atoms with E-state index in [9.17, 15) is 4.79 Å². The average Bonchev–Trinajstić information content (AvgIpc) is 3.56. The third kappa shape index (κ3) is 5.59. The second-order valence-electron chi connectivity index (χ2n) is 8.00. The zero-order valence-electron chi connectivity index (χ0n) is 19.6. The van der Waals surface area contributed by atoms with Gasteiger partial charge in [-0.05, 0) is 29.8 Å². The Morgan fingerprint density at radius 3 is 2.53 bits per heavy atom. The molecular formula is C27H24N6O2S. The third-order valence-electron chi connectivity index (χ3n) is 5.46. The Kier molecular flexibility index (Phi) is 7.00. The van der Waals surface area contributed by atoms with Gasteiger partial charge in [0.1, 0.15) is 18.4 Å². The van der Waals surface area contributed by atoms with Gasteiger partial charge in [0.15, 0.2) is 5.13 Å². The Hall–Kier alpha value is -4.50. The summed E-state index contributed by atoms with van der Waals surface area (Å²) in [7, 11) is 1.63. The number of aromatic nitrogens is 4. The lowest BCUT2D eigenvalue weighted by molar-refractivity contribution is -0.115. The minimum Gasteiger partial charge on any atom is -0.495 e. The lowest BCUT2D eigenvalue weighted by Gasteiger charge is -2.08. The fourth-order valence-electron chi connectivity index (χ4n) is 3.76. The van der Waals surface area contributed by atoms with E-state index >= 15 is 0 Å². The molecule has 5 rings (SSSR count). The number of nitrogens with one attached hydrogen (secondary N) is 2. The Morgan fingerprint density at radius 1 is 1.00 bits per heavy atom. The molecule has 0 aliphatic heterocycles. The summed E-state index contributed by atoms with van der Waals surface area (Å²) in [5.74, 6) is 0.615. The zero-order chi connectivity index (χ0) is 24.7. The maximum absolute atomic E-state index is 13.0. The Labute approximate surface area is 212 Å². The predicted molar refractivity (Wildman–Crippen MR) is 142 cm³/mol. The van der Waals surface area contributed by atoms with E-state index in [0.717, 1.165) is 38.8 Å². The summed E-state index contributed by atoms with van der Waals surface area (Å²) in [6.07, 6.45) is 3.39. The molecule has 180 valence electrons. The van der Waals surface area contributed by atoms with Gasteiger partial charge >= 0.3 is 0 Å². The molecule has 0 aliphatic carbocycles. The van der Waals surface area contributed by atoms with E-state index in [4.69, 9.17) is 9.72 Å². The molecule has 36 heavy (non-hydrogen) atoms. The van der Waals surface area contributed by atoms with Crippen molar-refractivity contribution in [3.05, 3.63) is 102 Å². The summed E-state index contributed by atoms with van der Waals surface area (Å²) in [4.78, 5) is 22.6. The first kappa shape index (κ1) is 23.3. The second-order valence-corrected chi connectivity index (χ2v) is 9.08. The van der Waals surface area contributed by atoms with Gasteiger partial charge in [0.2, 0.25) is 5.91 Å². The van der Waals surface area contributed by atoms with E-state index in [1.165, 1.54) is 17.7 Å². The van der Waals surface area contributed by atoms with Crippen LogP contribution in [0.1, 0.15) is 10.4 Å². The molecule has 2 heterocycles. The number of amides is 1. The molecule has 0 saturated heterocycles. The predicted octanol–water partition coefficient (Wildman–Crippen LogP) is 5.38. The number of ether oxygens (including phenoxy) is 1. The topological polar surface area (TPSA) is 94.0 Å². The van der Waals surface area contributed by atoms with Crippen molar-refractivity contribution in [2.24, 2.45) is 0 Å². The largest absolute Gasteiger partial charge is 0.495 e. The number of rotatable bonds is 9. The van der Waals surface area contributed by atoms with E-state index in [-0.39, 0.29) is 12.3 Å². The Bertz CT molecular complexity index is 1430. The van der Waals surface area contributed by atoms with Crippen LogP contribution in [0.15, 0.2) is 91.5 Å². The molecule has 8 nitrogen and oxygen atoms in total. The standard InChI is InChI=1S/C27H24N6O2S/c1-35-23-10-6-5-9-22(23)31-27-32-26(20-7-3-2-4-8-20)24(36-27)15-25(34)30-21-13-11-19(12-14-21)16-33-18-28-17-29-33/h2-14,17-18H,15-16H2,1H3,(H,30,34)(H,31,32). The lowest BCUT2D eigenvalue weighted by Crippen LogP contribution is -2.14. The number of carbonyl (C=O) groups excluding carboxylic acids is 1. The molecule has 0 aliphatic rings. The van der Waals surface area contributed by atoms with Crippen LogP contribution in [-0.2, 0) is 17.8 Å². The zero-order valence-corrected chi connectivity index (χ0v) is 20.4. The summed E-state index contributed by atoms with van der Waals surface area (Å²) in [5.41, 5.74) is 4.37. The Balaban J connectivity index is 1.33. The number of benzene rings is 3. The SMILES string of the molecule is COc1ccccc1Nc1nc(-c2ccccc2)c(CC(=O)Nc2ccc(Cn3cncn3)cc2)s1. The molecule has 0 spiro atoms. The smallest absolute Gasteiger partial charge is 0.229 e. The summed E-state index contributed by atoms with van der Waals surface area (Å²) in [5, 5.41) is 11.1. The first-order valence-corrected chi connectivity index (χ1v) is 12.2. The summed E-state index contributed by atoms with van der Waals surface area (Å²) < 4.78 is 7.20. The van der Waals surface area contributed by atoms with Gasteiger partial charge in [0.25, 0.3) is 0 Å². The van der Waals surface area contributed by atoms with E-state index in [1.54, 1.807) is 18.1 Å². The molecule has 0 bridgehead atoms.